The number of aromatic nitrogens is 3. The Labute approximate surface area is 156 Å². The quantitative estimate of drug-likeness (QED) is 0.644. The number of methoxy groups -OCH3 is 1. The lowest BCUT2D eigenvalue weighted by Gasteiger charge is -2.06. The van der Waals surface area contributed by atoms with Crippen LogP contribution in [0, 0.1) is 0 Å². The molecular weight excluding hydrogens is 376 g/mol. The van der Waals surface area contributed by atoms with Crippen LogP contribution in [-0.2, 0) is 16.4 Å². The molecule has 0 aliphatic carbocycles. The summed E-state index contributed by atoms with van der Waals surface area (Å²) in [7, 11) is -2.06. The number of rotatable bonds is 7. The molecule has 9 heteroatoms. The largest absolute Gasteiger partial charge is 0.497 e. The minimum Gasteiger partial charge on any atom is -0.497 e. The molecule has 26 heavy (non-hydrogen) atoms. The highest BCUT2D eigenvalue weighted by Gasteiger charge is 2.14. The fraction of sp³-hybridized carbons (Fsp3) is 0.176. The van der Waals surface area contributed by atoms with Crippen molar-refractivity contribution in [2.75, 3.05) is 13.7 Å². The molecule has 0 spiro atoms. The molecule has 3 aromatic rings. The molecule has 0 aliphatic heterocycles. The van der Waals surface area contributed by atoms with Gasteiger partial charge in [0, 0.05) is 23.6 Å². The zero-order chi connectivity index (χ0) is 18.6. The van der Waals surface area contributed by atoms with Crippen molar-refractivity contribution < 1.29 is 13.2 Å². The van der Waals surface area contributed by atoms with E-state index in [0.29, 0.717) is 28.8 Å². The fourth-order valence-corrected chi connectivity index (χ4v) is 3.44. The second-order valence-corrected chi connectivity index (χ2v) is 7.64. The Kier molecular flexibility index (Phi) is 5.55. The Balaban J connectivity index is 1.60. The maximum absolute atomic E-state index is 12.3. The molecule has 0 unspecified atom stereocenters. The number of ether oxygens (including phenoxy) is 1. The molecule has 0 atom stereocenters. The van der Waals surface area contributed by atoms with Crippen LogP contribution >= 0.6 is 11.6 Å². The Morgan fingerprint density at radius 2 is 1.81 bits per heavy atom. The van der Waals surface area contributed by atoms with Gasteiger partial charge < -0.3 is 4.74 Å². The zero-order valence-electron chi connectivity index (χ0n) is 13.9. The van der Waals surface area contributed by atoms with Crippen LogP contribution in [0.3, 0.4) is 0 Å². The Morgan fingerprint density at radius 3 is 2.46 bits per heavy atom. The lowest BCUT2D eigenvalue weighted by atomic mass is 10.2. The zero-order valence-corrected chi connectivity index (χ0v) is 15.5. The van der Waals surface area contributed by atoms with Gasteiger partial charge in [0.15, 0.2) is 5.82 Å². The Bertz CT molecular complexity index is 970. The number of aromatic amines is 1. The summed E-state index contributed by atoms with van der Waals surface area (Å²) >= 11 is 5.86. The van der Waals surface area contributed by atoms with Gasteiger partial charge in [0.1, 0.15) is 11.6 Å². The van der Waals surface area contributed by atoms with Gasteiger partial charge in [-0.25, -0.2) is 18.1 Å². The Hall–Kier alpha value is -2.42. The second-order valence-electron chi connectivity index (χ2n) is 5.44. The first-order chi connectivity index (χ1) is 12.5. The van der Waals surface area contributed by atoms with Crippen LogP contribution in [0.25, 0.3) is 11.4 Å². The van der Waals surface area contributed by atoms with E-state index in [2.05, 4.69) is 19.9 Å². The fourth-order valence-electron chi connectivity index (χ4n) is 2.28. The van der Waals surface area contributed by atoms with Gasteiger partial charge in [-0.05, 0) is 48.5 Å². The summed E-state index contributed by atoms with van der Waals surface area (Å²) in [6.45, 7) is 0.198. The summed E-state index contributed by atoms with van der Waals surface area (Å²) in [6, 6.07) is 13.4. The summed E-state index contributed by atoms with van der Waals surface area (Å²) in [4.78, 5) is 4.54. The van der Waals surface area contributed by atoms with Gasteiger partial charge in [0.05, 0.1) is 12.0 Å². The van der Waals surface area contributed by atoms with Crippen LogP contribution in [0.5, 0.6) is 5.75 Å². The first kappa shape index (κ1) is 18.4. The molecule has 0 amide bonds. The predicted molar refractivity (Wildman–Crippen MR) is 98.7 cm³/mol. The molecule has 0 radical (unpaired) electrons. The van der Waals surface area contributed by atoms with E-state index in [1.165, 1.54) is 19.2 Å². The van der Waals surface area contributed by atoms with Crippen LogP contribution in [0.15, 0.2) is 53.4 Å². The van der Waals surface area contributed by atoms with Crippen molar-refractivity contribution in [3.05, 3.63) is 59.4 Å². The van der Waals surface area contributed by atoms with Crippen molar-refractivity contribution >= 4 is 21.6 Å². The van der Waals surface area contributed by atoms with Gasteiger partial charge >= 0.3 is 0 Å². The van der Waals surface area contributed by atoms with E-state index in [9.17, 15) is 8.42 Å². The monoisotopic (exact) mass is 392 g/mol. The first-order valence-electron chi connectivity index (χ1n) is 7.79. The van der Waals surface area contributed by atoms with Gasteiger partial charge in [0.25, 0.3) is 0 Å². The molecular formula is C17H17ClN4O3S. The van der Waals surface area contributed by atoms with Crippen molar-refractivity contribution in [3.63, 3.8) is 0 Å². The van der Waals surface area contributed by atoms with Crippen LogP contribution in [0.1, 0.15) is 5.82 Å². The number of halogens is 1. The third kappa shape index (κ3) is 4.40. The summed E-state index contributed by atoms with van der Waals surface area (Å²) in [6.07, 6.45) is 0.385. The minimum absolute atomic E-state index is 0.178. The number of nitrogens with zero attached hydrogens (tertiary/aromatic N) is 2. The maximum atomic E-state index is 12.3. The molecule has 3 rings (SSSR count). The van der Waals surface area contributed by atoms with Gasteiger partial charge in [0.2, 0.25) is 10.0 Å². The highest BCUT2D eigenvalue weighted by Crippen LogP contribution is 2.18. The van der Waals surface area contributed by atoms with Crippen LogP contribution in [0.2, 0.25) is 5.02 Å². The van der Waals surface area contributed by atoms with Crippen molar-refractivity contribution in [2.45, 2.75) is 11.3 Å². The summed E-state index contributed by atoms with van der Waals surface area (Å²) < 4.78 is 32.1. The molecule has 0 saturated carbocycles. The van der Waals surface area contributed by atoms with E-state index in [0.717, 1.165) is 5.56 Å². The predicted octanol–water partition coefficient (Wildman–Crippen LogP) is 2.65. The summed E-state index contributed by atoms with van der Waals surface area (Å²) in [5.41, 5.74) is 0.829. The van der Waals surface area contributed by atoms with Gasteiger partial charge in [-0.3, -0.25) is 5.10 Å². The van der Waals surface area contributed by atoms with Crippen LogP contribution in [-0.4, -0.2) is 37.3 Å². The van der Waals surface area contributed by atoms with Gasteiger partial charge in [-0.1, -0.05) is 11.6 Å². The maximum Gasteiger partial charge on any atom is 0.240 e. The number of hydrogen-bond acceptors (Lipinski definition) is 5. The SMILES string of the molecule is COc1ccc(S(=O)(=O)NCCc2nc(-c3ccc(Cl)cc3)n[nH]2)cc1. The van der Waals surface area contributed by atoms with E-state index in [-0.39, 0.29) is 11.4 Å². The molecule has 0 aliphatic rings. The molecule has 2 aromatic carbocycles. The normalized spacial score (nSPS) is 11.5. The molecule has 1 heterocycles. The van der Waals surface area contributed by atoms with E-state index < -0.39 is 10.0 Å². The number of hydrogen-bond donors (Lipinski definition) is 2. The minimum atomic E-state index is -3.59. The topological polar surface area (TPSA) is 97.0 Å². The standard InChI is InChI=1S/C17H17ClN4O3S/c1-25-14-6-8-15(9-7-14)26(23,24)19-11-10-16-20-17(22-21-16)12-2-4-13(18)5-3-12/h2-9,19H,10-11H2,1H3,(H,20,21,22). The van der Waals surface area contributed by atoms with Crippen molar-refractivity contribution in [1.82, 2.24) is 19.9 Å². The van der Waals surface area contributed by atoms with Crippen molar-refractivity contribution in [2.24, 2.45) is 0 Å². The first-order valence-corrected chi connectivity index (χ1v) is 9.65. The molecule has 136 valence electrons. The van der Waals surface area contributed by atoms with E-state index in [4.69, 9.17) is 16.3 Å². The number of H-pyrrole nitrogens is 1. The van der Waals surface area contributed by atoms with Crippen molar-refractivity contribution in [3.8, 4) is 17.1 Å². The molecule has 0 fully saturated rings. The van der Waals surface area contributed by atoms with Crippen molar-refractivity contribution in [1.29, 1.82) is 0 Å². The average Bonchev–Trinajstić information content (AvgIpc) is 3.11. The lowest BCUT2D eigenvalue weighted by molar-refractivity contribution is 0.414. The number of benzene rings is 2. The molecule has 0 bridgehead atoms. The van der Waals surface area contributed by atoms with Gasteiger partial charge in [-0.2, -0.15) is 5.10 Å². The smallest absolute Gasteiger partial charge is 0.240 e. The molecule has 2 N–H and O–H groups in total. The molecule has 0 saturated heterocycles. The highest BCUT2D eigenvalue weighted by atomic mass is 35.5. The summed E-state index contributed by atoms with van der Waals surface area (Å²) in [5, 5.41) is 7.59. The third-order valence-electron chi connectivity index (χ3n) is 3.66. The number of sulfonamides is 1. The number of nitrogens with one attached hydrogen (secondary N) is 2. The Morgan fingerprint density at radius 1 is 1.12 bits per heavy atom. The van der Waals surface area contributed by atoms with E-state index in [1.54, 1.807) is 24.3 Å². The summed E-state index contributed by atoms with van der Waals surface area (Å²) in [5.74, 6) is 1.72. The van der Waals surface area contributed by atoms with Gasteiger partial charge in [-0.15, -0.1) is 0 Å². The lowest BCUT2D eigenvalue weighted by Crippen LogP contribution is -2.26. The molecule has 7 nitrogen and oxygen atoms in total. The van der Waals surface area contributed by atoms with Crippen LogP contribution in [0.4, 0.5) is 0 Å². The van der Waals surface area contributed by atoms with E-state index in [1.807, 2.05) is 12.1 Å². The second kappa shape index (κ2) is 7.86. The van der Waals surface area contributed by atoms with E-state index >= 15 is 0 Å². The highest BCUT2D eigenvalue weighted by molar-refractivity contribution is 7.89. The average molecular weight is 393 g/mol. The molecule has 1 aromatic heterocycles. The van der Waals surface area contributed by atoms with Crippen LogP contribution < -0.4 is 9.46 Å². The third-order valence-corrected chi connectivity index (χ3v) is 5.39.